The molecule has 0 atom stereocenters. The number of nitrogens with zero attached hydrogens (tertiary/aromatic N) is 2. The first kappa shape index (κ1) is 16.1. The Kier molecular flexibility index (Phi) is 4.51. The Bertz CT molecular complexity index is 870. The zero-order valence-electron chi connectivity index (χ0n) is 13.2. The average Bonchev–Trinajstić information content (AvgIpc) is 2.54. The minimum absolute atomic E-state index is 0.0441. The van der Waals surface area contributed by atoms with Crippen LogP contribution >= 0.6 is 0 Å². The molecule has 0 N–H and O–H groups in total. The van der Waals surface area contributed by atoms with E-state index in [0.29, 0.717) is 12.1 Å². The topological polar surface area (TPSA) is 33.2 Å². The lowest BCUT2D eigenvalue weighted by Gasteiger charge is -2.18. The number of pyridine rings is 1. The molecular weight excluding hydrogens is 310 g/mol. The molecule has 0 fully saturated rings. The predicted octanol–water partition coefficient (Wildman–Crippen LogP) is 3.71. The van der Waals surface area contributed by atoms with Crippen molar-refractivity contribution in [2.75, 3.05) is 7.05 Å². The third-order valence-electron chi connectivity index (χ3n) is 3.88. The smallest absolute Gasteiger partial charge is 0.227 e. The summed E-state index contributed by atoms with van der Waals surface area (Å²) in [7, 11) is 1.68. The number of amides is 1. The van der Waals surface area contributed by atoms with Crippen molar-refractivity contribution in [3.8, 4) is 0 Å². The van der Waals surface area contributed by atoms with E-state index in [1.807, 2.05) is 24.3 Å². The quantitative estimate of drug-likeness (QED) is 0.732. The van der Waals surface area contributed by atoms with Crippen LogP contribution in [0.1, 0.15) is 11.1 Å². The second-order valence-electron chi connectivity index (χ2n) is 5.72. The Labute approximate surface area is 138 Å². The second kappa shape index (κ2) is 6.74. The van der Waals surface area contributed by atoms with Gasteiger partial charge in [-0.2, -0.15) is 0 Å². The van der Waals surface area contributed by atoms with Gasteiger partial charge in [-0.1, -0.05) is 18.2 Å². The summed E-state index contributed by atoms with van der Waals surface area (Å²) in [6.45, 7) is 0.415. The van der Waals surface area contributed by atoms with Crippen LogP contribution in [0.4, 0.5) is 8.78 Å². The summed E-state index contributed by atoms with van der Waals surface area (Å²) in [6, 6.07) is 10.9. The number of hydrogen-bond acceptors (Lipinski definition) is 2. The number of carbonyl (C=O) groups is 1. The van der Waals surface area contributed by atoms with Crippen LogP contribution in [0, 0.1) is 11.6 Å². The molecule has 0 aliphatic rings. The van der Waals surface area contributed by atoms with Crippen molar-refractivity contribution in [2.45, 2.75) is 13.0 Å². The van der Waals surface area contributed by atoms with E-state index >= 15 is 0 Å². The fraction of sp³-hybridized carbons (Fsp3) is 0.158. The summed E-state index contributed by atoms with van der Waals surface area (Å²) in [5, 5.41) is 2.03. The molecule has 0 unspecified atom stereocenters. The highest BCUT2D eigenvalue weighted by molar-refractivity contribution is 5.85. The van der Waals surface area contributed by atoms with Crippen LogP contribution in [0.15, 0.2) is 54.9 Å². The molecule has 0 radical (unpaired) electrons. The third-order valence-corrected chi connectivity index (χ3v) is 3.88. The van der Waals surface area contributed by atoms with Crippen LogP contribution in [0.25, 0.3) is 10.8 Å². The lowest BCUT2D eigenvalue weighted by atomic mass is 10.1. The van der Waals surface area contributed by atoms with E-state index in [1.165, 1.54) is 12.1 Å². The highest BCUT2D eigenvalue weighted by atomic mass is 19.1. The van der Waals surface area contributed by atoms with E-state index in [0.717, 1.165) is 22.4 Å². The van der Waals surface area contributed by atoms with E-state index in [1.54, 1.807) is 24.3 Å². The maximum absolute atomic E-state index is 13.2. The molecule has 24 heavy (non-hydrogen) atoms. The van der Waals surface area contributed by atoms with Crippen molar-refractivity contribution in [3.63, 3.8) is 0 Å². The van der Waals surface area contributed by atoms with Crippen LogP contribution in [0.2, 0.25) is 0 Å². The van der Waals surface area contributed by atoms with E-state index in [4.69, 9.17) is 0 Å². The number of rotatable bonds is 4. The molecule has 0 bridgehead atoms. The molecule has 122 valence electrons. The lowest BCUT2D eigenvalue weighted by Crippen LogP contribution is -2.27. The van der Waals surface area contributed by atoms with Crippen molar-refractivity contribution >= 4 is 16.7 Å². The Hall–Kier alpha value is -2.82. The van der Waals surface area contributed by atoms with Gasteiger partial charge < -0.3 is 4.90 Å². The standard InChI is InChI=1S/C19H16F2N2O/c1-23(19(24)9-13-7-16(20)10-17(21)8-13)12-15-4-2-3-14-11-22-6-5-18(14)15/h2-8,10-11H,9,12H2,1H3. The van der Waals surface area contributed by atoms with Gasteiger partial charge in [0.2, 0.25) is 5.91 Å². The molecular formula is C19H16F2N2O. The number of benzene rings is 2. The summed E-state index contributed by atoms with van der Waals surface area (Å²) in [6.07, 6.45) is 3.44. The molecule has 3 rings (SSSR count). The van der Waals surface area contributed by atoms with Crippen molar-refractivity contribution in [1.82, 2.24) is 9.88 Å². The van der Waals surface area contributed by atoms with Crippen molar-refractivity contribution in [1.29, 1.82) is 0 Å². The summed E-state index contributed by atoms with van der Waals surface area (Å²) in [5.41, 5.74) is 1.32. The second-order valence-corrected chi connectivity index (χ2v) is 5.72. The van der Waals surface area contributed by atoms with Crippen molar-refractivity contribution in [3.05, 3.63) is 77.6 Å². The van der Waals surface area contributed by atoms with Gasteiger partial charge in [0, 0.05) is 37.4 Å². The van der Waals surface area contributed by atoms with E-state index in [9.17, 15) is 13.6 Å². The molecule has 0 saturated carbocycles. The number of carbonyl (C=O) groups excluding carboxylic acids is 1. The molecule has 0 saturated heterocycles. The lowest BCUT2D eigenvalue weighted by molar-refractivity contribution is -0.129. The zero-order chi connectivity index (χ0) is 17.1. The van der Waals surface area contributed by atoms with E-state index in [2.05, 4.69) is 4.98 Å². The first-order valence-corrected chi connectivity index (χ1v) is 7.53. The van der Waals surface area contributed by atoms with E-state index in [-0.39, 0.29) is 12.3 Å². The van der Waals surface area contributed by atoms with Gasteiger partial charge in [0.25, 0.3) is 0 Å². The minimum Gasteiger partial charge on any atom is -0.341 e. The first-order chi connectivity index (χ1) is 11.5. The van der Waals surface area contributed by atoms with E-state index < -0.39 is 11.6 Å². The van der Waals surface area contributed by atoms with Gasteiger partial charge in [0.1, 0.15) is 11.6 Å². The van der Waals surface area contributed by atoms with Crippen molar-refractivity contribution in [2.24, 2.45) is 0 Å². The highest BCUT2D eigenvalue weighted by Crippen LogP contribution is 2.19. The van der Waals surface area contributed by atoms with Crippen molar-refractivity contribution < 1.29 is 13.6 Å². The van der Waals surface area contributed by atoms with Gasteiger partial charge in [-0.05, 0) is 34.7 Å². The SMILES string of the molecule is CN(Cc1cccc2cnccc12)C(=O)Cc1cc(F)cc(F)c1. The number of aromatic nitrogens is 1. The molecule has 3 aromatic rings. The Balaban J connectivity index is 1.76. The van der Waals surface area contributed by atoms with Gasteiger partial charge in [-0.25, -0.2) is 8.78 Å². The maximum Gasteiger partial charge on any atom is 0.227 e. The summed E-state index contributed by atoms with van der Waals surface area (Å²) < 4.78 is 26.5. The molecule has 0 aliphatic heterocycles. The Morgan fingerprint density at radius 1 is 1.12 bits per heavy atom. The highest BCUT2D eigenvalue weighted by Gasteiger charge is 2.13. The third kappa shape index (κ3) is 3.56. The fourth-order valence-corrected chi connectivity index (χ4v) is 2.69. The number of likely N-dealkylation sites (N-methyl/N-ethyl adjacent to an activating group) is 1. The van der Waals surface area contributed by atoms with Crippen LogP contribution in [-0.2, 0) is 17.8 Å². The maximum atomic E-state index is 13.2. The van der Waals surface area contributed by atoms with Gasteiger partial charge in [0.15, 0.2) is 0 Å². The van der Waals surface area contributed by atoms with Crippen LogP contribution < -0.4 is 0 Å². The molecule has 1 aromatic heterocycles. The monoisotopic (exact) mass is 326 g/mol. The van der Waals surface area contributed by atoms with Gasteiger partial charge in [0.05, 0.1) is 6.42 Å². The average molecular weight is 326 g/mol. The summed E-state index contributed by atoms with van der Waals surface area (Å²) >= 11 is 0. The molecule has 0 aliphatic carbocycles. The van der Waals surface area contributed by atoms with Gasteiger partial charge in [-0.3, -0.25) is 9.78 Å². The Morgan fingerprint density at radius 3 is 2.62 bits per heavy atom. The predicted molar refractivity (Wildman–Crippen MR) is 88.3 cm³/mol. The normalized spacial score (nSPS) is 10.8. The van der Waals surface area contributed by atoms with Crippen LogP contribution in [0.3, 0.4) is 0 Å². The first-order valence-electron chi connectivity index (χ1n) is 7.53. The molecule has 3 nitrogen and oxygen atoms in total. The number of hydrogen-bond donors (Lipinski definition) is 0. The summed E-state index contributed by atoms with van der Waals surface area (Å²) in [5.74, 6) is -1.56. The summed E-state index contributed by atoms with van der Waals surface area (Å²) in [4.78, 5) is 18.0. The largest absolute Gasteiger partial charge is 0.341 e. The molecule has 1 amide bonds. The Morgan fingerprint density at radius 2 is 1.88 bits per heavy atom. The van der Waals surface area contributed by atoms with Crippen LogP contribution in [0.5, 0.6) is 0 Å². The zero-order valence-corrected chi connectivity index (χ0v) is 13.2. The number of fused-ring (bicyclic) bond motifs is 1. The molecule has 0 spiro atoms. The molecule has 5 heteroatoms. The molecule has 1 heterocycles. The molecule has 2 aromatic carbocycles. The van der Waals surface area contributed by atoms with Gasteiger partial charge in [-0.15, -0.1) is 0 Å². The van der Waals surface area contributed by atoms with Gasteiger partial charge >= 0.3 is 0 Å². The number of halogens is 2. The van der Waals surface area contributed by atoms with Crippen LogP contribution in [-0.4, -0.2) is 22.8 Å². The fourth-order valence-electron chi connectivity index (χ4n) is 2.69. The minimum atomic E-state index is -0.679.